The van der Waals surface area contributed by atoms with Crippen LogP contribution in [0.4, 0.5) is 0 Å². The van der Waals surface area contributed by atoms with Crippen LogP contribution in [0.5, 0.6) is 0 Å². The molecule has 0 saturated heterocycles. The average molecular weight is 249 g/mol. The van der Waals surface area contributed by atoms with E-state index in [4.69, 9.17) is 5.73 Å². The van der Waals surface area contributed by atoms with Gasteiger partial charge in [0.25, 0.3) is 0 Å². The van der Waals surface area contributed by atoms with Crippen LogP contribution in [0.15, 0.2) is 30.3 Å². The van der Waals surface area contributed by atoms with Crippen molar-refractivity contribution >= 4 is 0 Å². The highest BCUT2D eigenvalue weighted by Gasteiger charge is 2.04. The quantitative estimate of drug-likeness (QED) is 0.622. The highest BCUT2D eigenvalue weighted by molar-refractivity contribution is 5.14. The molecule has 3 N–H and O–H groups in total. The summed E-state index contributed by atoms with van der Waals surface area (Å²) in [5.74, 6) is 0. The summed E-state index contributed by atoms with van der Waals surface area (Å²) >= 11 is 0. The number of nitrogens with two attached hydrogens (primary N) is 1. The molecule has 0 saturated carbocycles. The van der Waals surface area contributed by atoms with Gasteiger partial charge in [-0.3, -0.25) is 4.90 Å². The van der Waals surface area contributed by atoms with Crippen LogP contribution >= 0.6 is 0 Å². The van der Waals surface area contributed by atoms with Crippen LogP contribution in [0.2, 0.25) is 0 Å². The monoisotopic (exact) mass is 249 g/mol. The Hall–Kier alpha value is -0.900. The smallest absolute Gasteiger partial charge is 0.0234 e. The predicted molar refractivity (Wildman–Crippen MR) is 78.6 cm³/mol. The van der Waals surface area contributed by atoms with Gasteiger partial charge in [-0.25, -0.2) is 0 Å². The summed E-state index contributed by atoms with van der Waals surface area (Å²) in [5.41, 5.74) is 6.87. The van der Waals surface area contributed by atoms with Crippen LogP contribution < -0.4 is 11.1 Å². The molecule has 3 nitrogen and oxygen atoms in total. The third-order valence-corrected chi connectivity index (χ3v) is 3.00. The lowest BCUT2D eigenvalue weighted by Crippen LogP contribution is -2.34. The number of nitrogens with zero attached hydrogens (tertiary/aromatic N) is 1. The van der Waals surface area contributed by atoms with Crippen molar-refractivity contribution in [3.8, 4) is 0 Å². The first-order valence-corrected chi connectivity index (χ1v) is 7.04. The van der Waals surface area contributed by atoms with E-state index in [9.17, 15) is 0 Å². The molecule has 0 aliphatic heterocycles. The van der Waals surface area contributed by atoms with Crippen molar-refractivity contribution in [3.05, 3.63) is 35.9 Å². The van der Waals surface area contributed by atoms with E-state index < -0.39 is 0 Å². The fourth-order valence-electron chi connectivity index (χ4n) is 1.96. The van der Waals surface area contributed by atoms with Crippen molar-refractivity contribution in [1.29, 1.82) is 0 Å². The molecule has 0 amide bonds. The number of hydrogen-bond donors (Lipinski definition) is 2. The molecule has 1 aromatic carbocycles. The Morgan fingerprint density at radius 1 is 1.11 bits per heavy atom. The van der Waals surface area contributed by atoms with Crippen molar-refractivity contribution in [2.45, 2.75) is 26.3 Å². The number of nitrogens with one attached hydrogen (secondary N) is 1. The van der Waals surface area contributed by atoms with E-state index in [-0.39, 0.29) is 0 Å². The Kier molecular flexibility index (Phi) is 8.47. The first-order valence-electron chi connectivity index (χ1n) is 7.04. The van der Waals surface area contributed by atoms with Gasteiger partial charge in [-0.2, -0.15) is 0 Å². The minimum absolute atomic E-state index is 0.716. The van der Waals surface area contributed by atoms with Crippen LogP contribution in [-0.4, -0.2) is 37.6 Å². The van der Waals surface area contributed by atoms with E-state index in [1.165, 1.54) is 24.9 Å². The fraction of sp³-hybridized carbons (Fsp3) is 0.600. The van der Waals surface area contributed by atoms with Crippen molar-refractivity contribution in [2.24, 2.45) is 5.73 Å². The molecule has 3 heteroatoms. The van der Waals surface area contributed by atoms with Gasteiger partial charge in [0, 0.05) is 32.7 Å². The molecular formula is C15H27N3. The third-order valence-electron chi connectivity index (χ3n) is 3.00. The van der Waals surface area contributed by atoms with Crippen LogP contribution in [0.1, 0.15) is 25.3 Å². The minimum atomic E-state index is 0.716. The normalized spacial score (nSPS) is 11.1. The summed E-state index contributed by atoms with van der Waals surface area (Å²) in [5, 5.41) is 3.36. The summed E-state index contributed by atoms with van der Waals surface area (Å²) in [7, 11) is 0. The second-order valence-corrected chi connectivity index (χ2v) is 4.65. The van der Waals surface area contributed by atoms with Crippen LogP contribution in [0.25, 0.3) is 0 Å². The first kappa shape index (κ1) is 15.2. The van der Waals surface area contributed by atoms with Crippen molar-refractivity contribution in [3.63, 3.8) is 0 Å². The summed E-state index contributed by atoms with van der Waals surface area (Å²) < 4.78 is 0. The molecule has 0 aliphatic rings. The lowest BCUT2D eigenvalue weighted by molar-refractivity contribution is 0.261. The van der Waals surface area contributed by atoms with E-state index in [2.05, 4.69) is 47.5 Å². The summed E-state index contributed by atoms with van der Waals surface area (Å²) in [6.45, 7) is 8.21. The molecule has 1 rings (SSSR count). The summed E-state index contributed by atoms with van der Waals surface area (Å²) in [4.78, 5) is 2.52. The van der Waals surface area contributed by atoms with Gasteiger partial charge in [0.2, 0.25) is 0 Å². The zero-order chi connectivity index (χ0) is 13.1. The van der Waals surface area contributed by atoms with Gasteiger partial charge >= 0.3 is 0 Å². The molecule has 0 bridgehead atoms. The van der Waals surface area contributed by atoms with E-state index in [0.717, 1.165) is 26.2 Å². The molecule has 0 spiro atoms. The third kappa shape index (κ3) is 6.74. The highest BCUT2D eigenvalue weighted by atomic mass is 15.1. The molecule has 18 heavy (non-hydrogen) atoms. The summed E-state index contributed by atoms with van der Waals surface area (Å²) in [6, 6.07) is 10.7. The van der Waals surface area contributed by atoms with Crippen molar-refractivity contribution in [2.75, 3.05) is 32.7 Å². The van der Waals surface area contributed by atoms with Gasteiger partial charge in [-0.1, -0.05) is 43.7 Å². The maximum atomic E-state index is 5.47. The van der Waals surface area contributed by atoms with Crippen molar-refractivity contribution < 1.29 is 0 Å². The van der Waals surface area contributed by atoms with Gasteiger partial charge < -0.3 is 11.1 Å². The number of rotatable bonds is 10. The molecule has 0 fully saturated rings. The van der Waals surface area contributed by atoms with Gasteiger partial charge in [0.15, 0.2) is 0 Å². The maximum Gasteiger partial charge on any atom is 0.0234 e. The van der Waals surface area contributed by atoms with Gasteiger partial charge in [0.1, 0.15) is 0 Å². The van der Waals surface area contributed by atoms with Crippen LogP contribution in [0.3, 0.4) is 0 Å². The highest BCUT2D eigenvalue weighted by Crippen LogP contribution is 2.05. The molecule has 1 aromatic rings. The summed E-state index contributed by atoms with van der Waals surface area (Å²) in [6.07, 6.45) is 2.52. The predicted octanol–water partition coefficient (Wildman–Crippen LogP) is 1.84. The molecular weight excluding hydrogens is 222 g/mol. The minimum Gasteiger partial charge on any atom is -0.329 e. The Morgan fingerprint density at radius 3 is 2.56 bits per heavy atom. The molecule has 0 aromatic heterocycles. The van der Waals surface area contributed by atoms with Gasteiger partial charge in [0.05, 0.1) is 0 Å². The van der Waals surface area contributed by atoms with E-state index >= 15 is 0 Å². The molecule has 0 atom stereocenters. The van der Waals surface area contributed by atoms with Crippen molar-refractivity contribution in [1.82, 2.24) is 10.2 Å². The zero-order valence-electron chi connectivity index (χ0n) is 11.6. The van der Waals surface area contributed by atoms with Gasteiger partial charge in [-0.15, -0.1) is 0 Å². The average Bonchev–Trinajstić information content (AvgIpc) is 2.41. The molecule has 0 aliphatic carbocycles. The van der Waals surface area contributed by atoms with Gasteiger partial charge in [-0.05, 0) is 18.5 Å². The topological polar surface area (TPSA) is 41.3 Å². The molecule has 0 radical (unpaired) electrons. The Bertz CT molecular complexity index is 287. The molecule has 102 valence electrons. The zero-order valence-corrected chi connectivity index (χ0v) is 11.6. The Labute approximate surface area is 111 Å². The number of unbranched alkanes of at least 4 members (excludes halogenated alkanes) is 1. The van der Waals surface area contributed by atoms with E-state index in [1.807, 2.05) is 0 Å². The first-order chi connectivity index (χ1) is 8.86. The molecule has 0 heterocycles. The lowest BCUT2D eigenvalue weighted by atomic mass is 10.2. The Morgan fingerprint density at radius 2 is 1.89 bits per heavy atom. The van der Waals surface area contributed by atoms with E-state index in [1.54, 1.807) is 0 Å². The second kappa shape index (κ2) is 10.1. The standard InChI is InChI=1S/C15H27N3/c1-2-3-12-18(13-11-17-10-9-16)14-15-7-5-4-6-8-15/h4-8,17H,2-3,9-14,16H2,1H3. The maximum absolute atomic E-state index is 5.47. The van der Waals surface area contributed by atoms with Crippen LogP contribution in [-0.2, 0) is 6.54 Å². The fourth-order valence-corrected chi connectivity index (χ4v) is 1.96. The molecule has 0 unspecified atom stereocenters. The number of hydrogen-bond acceptors (Lipinski definition) is 3. The lowest BCUT2D eigenvalue weighted by Gasteiger charge is -2.22. The SMILES string of the molecule is CCCCN(CCNCCN)Cc1ccccc1. The second-order valence-electron chi connectivity index (χ2n) is 4.65. The van der Waals surface area contributed by atoms with Crippen LogP contribution in [0, 0.1) is 0 Å². The largest absolute Gasteiger partial charge is 0.329 e. The number of benzene rings is 1. The van der Waals surface area contributed by atoms with E-state index in [0.29, 0.717) is 6.54 Å². The Balaban J connectivity index is 2.35.